The second-order valence-corrected chi connectivity index (χ2v) is 19.5. The van der Waals surface area contributed by atoms with Crippen molar-refractivity contribution in [3.63, 3.8) is 0 Å². The van der Waals surface area contributed by atoms with Gasteiger partial charge in [0.05, 0.1) is 0 Å². The summed E-state index contributed by atoms with van der Waals surface area (Å²) in [5.41, 5.74) is 1.59. The van der Waals surface area contributed by atoms with Crippen LogP contribution in [0.3, 0.4) is 0 Å². The monoisotopic (exact) mass is 382 g/mol. The van der Waals surface area contributed by atoms with Gasteiger partial charge >= 0.3 is 131 Å². The van der Waals surface area contributed by atoms with Crippen molar-refractivity contribution < 1.29 is 0 Å². The van der Waals surface area contributed by atoms with Gasteiger partial charge in [0.15, 0.2) is 0 Å². The summed E-state index contributed by atoms with van der Waals surface area (Å²) in [6.45, 7) is 9.42. The van der Waals surface area contributed by atoms with Crippen LogP contribution < -0.4 is 3.58 Å². The Labute approximate surface area is 131 Å². The second-order valence-electron chi connectivity index (χ2n) is 6.41. The van der Waals surface area contributed by atoms with Crippen molar-refractivity contribution in [1.29, 1.82) is 0 Å². The molecule has 1 aromatic carbocycles. The summed E-state index contributed by atoms with van der Waals surface area (Å²) in [6.07, 6.45) is 8.46. The number of hydrogen-bond donors (Lipinski definition) is 0. The number of hydrogen-bond acceptors (Lipinski definition) is 0. The molecule has 0 nitrogen and oxygen atoms in total. The molecule has 0 unspecified atom stereocenters. The minimum absolute atomic E-state index is 1.36. The van der Waals surface area contributed by atoms with Gasteiger partial charge in [-0.1, -0.05) is 0 Å². The fraction of sp³-hybridized carbons (Fsp3) is 0.684. The molecule has 0 aromatic heterocycles. The van der Waals surface area contributed by atoms with Crippen LogP contribution in [0.25, 0.3) is 0 Å². The molecule has 1 aromatic rings. The maximum atomic E-state index is 2.49. The second kappa shape index (κ2) is 9.87. The van der Waals surface area contributed by atoms with Gasteiger partial charge in [-0.3, -0.25) is 0 Å². The van der Waals surface area contributed by atoms with E-state index in [1.54, 1.807) is 18.9 Å². The third kappa shape index (κ3) is 5.09. The Hall–Kier alpha value is 0.0187. The molecule has 1 heteroatoms. The first-order valence-electron chi connectivity index (χ1n) is 8.76. The van der Waals surface area contributed by atoms with Crippen LogP contribution in [0.15, 0.2) is 24.3 Å². The zero-order valence-electron chi connectivity index (χ0n) is 14.2. The Kier molecular flexibility index (Phi) is 8.91. The average molecular weight is 381 g/mol. The van der Waals surface area contributed by atoms with Crippen LogP contribution in [0, 0.1) is 6.92 Å². The van der Waals surface area contributed by atoms with Crippen LogP contribution in [0.4, 0.5) is 0 Å². The van der Waals surface area contributed by atoms with E-state index in [2.05, 4.69) is 52.0 Å². The van der Waals surface area contributed by atoms with Crippen molar-refractivity contribution in [2.75, 3.05) is 0 Å². The first-order chi connectivity index (χ1) is 9.70. The zero-order chi connectivity index (χ0) is 14.8. The predicted octanol–water partition coefficient (Wildman–Crippen LogP) is 6.05. The van der Waals surface area contributed by atoms with E-state index in [-0.39, 0.29) is 0 Å². The molecule has 0 atom stereocenters. The number of unbranched alkanes of at least 4 members (excludes halogenated alkanes) is 3. The van der Waals surface area contributed by atoms with E-state index < -0.39 is 18.4 Å². The van der Waals surface area contributed by atoms with Crippen molar-refractivity contribution in [2.45, 2.75) is 79.5 Å². The first-order valence-corrected chi connectivity index (χ1v) is 16.2. The molecule has 0 aliphatic rings. The topological polar surface area (TPSA) is 0 Å². The van der Waals surface area contributed by atoms with E-state index in [9.17, 15) is 0 Å². The van der Waals surface area contributed by atoms with Gasteiger partial charge in [-0.25, -0.2) is 0 Å². The van der Waals surface area contributed by atoms with E-state index in [1.807, 2.05) is 3.58 Å². The minimum atomic E-state index is -2.16. The summed E-state index contributed by atoms with van der Waals surface area (Å²) in [6, 6.07) is 9.35. The molecule has 0 fully saturated rings. The third-order valence-corrected chi connectivity index (χ3v) is 20.8. The van der Waals surface area contributed by atoms with Gasteiger partial charge in [0.2, 0.25) is 0 Å². The van der Waals surface area contributed by atoms with Gasteiger partial charge in [0.25, 0.3) is 0 Å². The third-order valence-electron chi connectivity index (χ3n) is 4.74. The fourth-order valence-electron chi connectivity index (χ4n) is 3.49. The molecule has 0 bridgehead atoms. The van der Waals surface area contributed by atoms with Crippen molar-refractivity contribution in [3.05, 3.63) is 29.8 Å². The van der Waals surface area contributed by atoms with Crippen LogP contribution in [-0.2, 0) is 0 Å². The summed E-state index contributed by atoms with van der Waals surface area (Å²) < 4.78 is 6.58. The summed E-state index contributed by atoms with van der Waals surface area (Å²) in [4.78, 5) is 0. The average Bonchev–Trinajstić information content (AvgIpc) is 2.48. The molecule has 0 saturated carbocycles. The van der Waals surface area contributed by atoms with E-state index in [0.717, 1.165) is 0 Å². The molecule has 0 spiro atoms. The van der Waals surface area contributed by atoms with E-state index in [4.69, 9.17) is 0 Å². The van der Waals surface area contributed by atoms with Crippen molar-refractivity contribution in [3.8, 4) is 0 Å². The van der Waals surface area contributed by atoms with Gasteiger partial charge in [0.1, 0.15) is 0 Å². The molecule has 0 aliphatic heterocycles. The van der Waals surface area contributed by atoms with Gasteiger partial charge in [-0.05, 0) is 0 Å². The fourth-order valence-corrected chi connectivity index (χ4v) is 20.7. The normalized spacial score (nSPS) is 11.8. The van der Waals surface area contributed by atoms with Crippen LogP contribution in [0.2, 0.25) is 13.3 Å². The molecule has 114 valence electrons. The molecular weight excluding hydrogens is 347 g/mol. The molecule has 0 heterocycles. The van der Waals surface area contributed by atoms with Gasteiger partial charge < -0.3 is 0 Å². The summed E-state index contributed by atoms with van der Waals surface area (Å²) in [7, 11) is 0. The molecule has 0 amide bonds. The van der Waals surface area contributed by atoms with E-state index in [1.165, 1.54) is 38.5 Å². The van der Waals surface area contributed by atoms with Crippen molar-refractivity contribution in [1.82, 2.24) is 0 Å². The van der Waals surface area contributed by atoms with Crippen LogP contribution >= 0.6 is 0 Å². The van der Waals surface area contributed by atoms with Crippen molar-refractivity contribution in [2.24, 2.45) is 0 Å². The Balaban J connectivity index is 3.08. The number of rotatable bonds is 10. The molecule has 0 saturated heterocycles. The molecule has 0 radical (unpaired) electrons. The number of benzene rings is 1. The quantitative estimate of drug-likeness (QED) is 0.433. The Morgan fingerprint density at radius 2 is 1.20 bits per heavy atom. The molecule has 20 heavy (non-hydrogen) atoms. The summed E-state index contributed by atoms with van der Waals surface area (Å²) in [5.74, 6) is 0. The Morgan fingerprint density at radius 1 is 0.750 bits per heavy atom. The van der Waals surface area contributed by atoms with Gasteiger partial charge in [0, 0.05) is 0 Å². The Bertz CT molecular complexity index is 348. The van der Waals surface area contributed by atoms with Crippen molar-refractivity contribution >= 4 is 22.0 Å². The SMILES string of the molecule is CCC[CH2][Sn]([CH2]CCC)([CH2]CCC)[c]1ccccc1C. The number of aryl methyl sites for hydroxylation is 1. The molecule has 1 rings (SSSR count). The standard InChI is InChI=1S/C7H7.3C4H9.Sn/c1-7-5-3-2-4-6-7;3*1-3-4-2;/h2-5H,1H3;3*1,3-4H2,2H3;. The summed E-state index contributed by atoms with van der Waals surface area (Å²) >= 11 is -2.16. The van der Waals surface area contributed by atoms with Crippen LogP contribution in [0.1, 0.15) is 64.9 Å². The predicted molar refractivity (Wildman–Crippen MR) is 95.7 cm³/mol. The van der Waals surface area contributed by atoms with Crippen LogP contribution in [0.5, 0.6) is 0 Å². The van der Waals surface area contributed by atoms with Gasteiger partial charge in [-0.2, -0.15) is 0 Å². The first kappa shape index (κ1) is 18.1. The molecular formula is C19H34Sn. The zero-order valence-corrected chi connectivity index (χ0v) is 17.0. The van der Waals surface area contributed by atoms with E-state index in [0.29, 0.717) is 0 Å². The van der Waals surface area contributed by atoms with E-state index >= 15 is 0 Å². The van der Waals surface area contributed by atoms with Gasteiger partial charge in [-0.15, -0.1) is 0 Å². The maximum absolute atomic E-state index is 2.49. The summed E-state index contributed by atoms with van der Waals surface area (Å²) in [5, 5.41) is 0. The molecule has 0 aliphatic carbocycles. The van der Waals surface area contributed by atoms with Crippen LogP contribution in [-0.4, -0.2) is 18.4 Å². The Morgan fingerprint density at radius 3 is 1.60 bits per heavy atom. The molecule has 0 N–H and O–H groups in total.